The molecule has 0 aliphatic heterocycles. The van der Waals surface area contributed by atoms with Crippen molar-refractivity contribution >= 4 is 11.8 Å². The SMILES string of the molecule is O=[N+]([O-])c1ccc(F)cc1C=CCO. The van der Waals surface area contributed by atoms with Crippen LogP contribution >= 0.6 is 0 Å². The summed E-state index contributed by atoms with van der Waals surface area (Å²) < 4.78 is 12.7. The Labute approximate surface area is 79.4 Å². The minimum atomic E-state index is -0.601. The minimum absolute atomic E-state index is 0.143. The molecular weight excluding hydrogens is 189 g/mol. The second-order valence-electron chi connectivity index (χ2n) is 2.55. The van der Waals surface area contributed by atoms with Crippen molar-refractivity contribution in [1.82, 2.24) is 0 Å². The van der Waals surface area contributed by atoms with E-state index in [9.17, 15) is 14.5 Å². The highest BCUT2D eigenvalue weighted by molar-refractivity contribution is 5.60. The van der Waals surface area contributed by atoms with Crippen LogP contribution in [0.4, 0.5) is 10.1 Å². The predicted octanol–water partition coefficient (Wildman–Crippen LogP) is 1.74. The van der Waals surface area contributed by atoms with E-state index in [-0.39, 0.29) is 17.9 Å². The lowest BCUT2D eigenvalue weighted by atomic mass is 10.1. The van der Waals surface area contributed by atoms with Gasteiger partial charge in [-0.25, -0.2) is 4.39 Å². The summed E-state index contributed by atoms with van der Waals surface area (Å²) in [6.07, 6.45) is 2.61. The third-order valence-corrected chi connectivity index (χ3v) is 1.59. The van der Waals surface area contributed by atoms with Crippen molar-refractivity contribution in [1.29, 1.82) is 0 Å². The van der Waals surface area contributed by atoms with E-state index < -0.39 is 10.7 Å². The van der Waals surface area contributed by atoms with Crippen LogP contribution in [0, 0.1) is 15.9 Å². The fourth-order valence-corrected chi connectivity index (χ4v) is 1.00. The number of hydrogen-bond acceptors (Lipinski definition) is 3. The van der Waals surface area contributed by atoms with Crippen LogP contribution in [0.25, 0.3) is 6.08 Å². The molecular formula is C9H8FNO3. The molecule has 0 saturated carbocycles. The van der Waals surface area contributed by atoms with Gasteiger partial charge in [-0.2, -0.15) is 0 Å². The van der Waals surface area contributed by atoms with Gasteiger partial charge in [0.2, 0.25) is 0 Å². The summed E-state index contributed by atoms with van der Waals surface area (Å²) >= 11 is 0. The molecule has 74 valence electrons. The van der Waals surface area contributed by atoms with Crippen molar-refractivity contribution < 1.29 is 14.4 Å². The van der Waals surface area contributed by atoms with Crippen LogP contribution in [0.1, 0.15) is 5.56 Å². The normalized spacial score (nSPS) is 10.7. The van der Waals surface area contributed by atoms with E-state index in [1.807, 2.05) is 0 Å². The zero-order valence-electron chi connectivity index (χ0n) is 7.18. The number of aliphatic hydroxyl groups excluding tert-OH is 1. The van der Waals surface area contributed by atoms with Gasteiger partial charge in [0, 0.05) is 6.07 Å². The first-order valence-electron chi connectivity index (χ1n) is 3.86. The number of nitro groups is 1. The molecule has 0 bridgehead atoms. The molecule has 5 heteroatoms. The molecule has 0 unspecified atom stereocenters. The lowest BCUT2D eigenvalue weighted by Gasteiger charge is -1.96. The van der Waals surface area contributed by atoms with Crippen LogP contribution in [0.15, 0.2) is 24.3 Å². The molecule has 0 aliphatic rings. The highest BCUT2D eigenvalue weighted by Gasteiger charge is 2.11. The zero-order valence-corrected chi connectivity index (χ0v) is 7.18. The quantitative estimate of drug-likeness (QED) is 0.592. The lowest BCUT2D eigenvalue weighted by molar-refractivity contribution is -0.385. The van der Waals surface area contributed by atoms with Crippen LogP contribution in [0.3, 0.4) is 0 Å². The van der Waals surface area contributed by atoms with E-state index in [4.69, 9.17) is 5.11 Å². The Morgan fingerprint density at radius 2 is 2.29 bits per heavy atom. The van der Waals surface area contributed by atoms with E-state index in [2.05, 4.69) is 0 Å². The monoisotopic (exact) mass is 197 g/mol. The molecule has 1 aromatic rings. The van der Waals surface area contributed by atoms with Crippen LogP contribution in [-0.2, 0) is 0 Å². The predicted molar refractivity (Wildman–Crippen MR) is 49.2 cm³/mol. The fourth-order valence-electron chi connectivity index (χ4n) is 1.00. The fraction of sp³-hybridized carbons (Fsp3) is 0.111. The van der Waals surface area contributed by atoms with Crippen molar-refractivity contribution in [2.45, 2.75) is 0 Å². The molecule has 0 aliphatic carbocycles. The van der Waals surface area contributed by atoms with Gasteiger partial charge in [0.25, 0.3) is 5.69 Å². The van der Waals surface area contributed by atoms with Gasteiger partial charge in [-0.1, -0.05) is 6.08 Å². The summed E-state index contributed by atoms with van der Waals surface area (Å²) in [6, 6.07) is 3.16. The van der Waals surface area contributed by atoms with Crippen LogP contribution in [0.5, 0.6) is 0 Å². The summed E-state index contributed by atoms with van der Waals surface area (Å²) in [6.45, 7) is -0.242. The number of benzene rings is 1. The molecule has 0 atom stereocenters. The highest BCUT2D eigenvalue weighted by Crippen LogP contribution is 2.20. The molecule has 0 aromatic heterocycles. The first kappa shape index (κ1) is 10.3. The van der Waals surface area contributed by atoms with Gasteiger partial charge in [0.05, 0.1) is 17.1 Å². The van der Waals surface area contributed by atoms with Gasteiger partial charge in [-0.05, 0) is 18.2 Å². The Bertz CT molecular complexity index is 376. The zero-order chi connectivity index (χ0) is 10.6. The molecule has 0 heterocycles. The van der Waals surface area contributed by atoms with Crippen molar-refractivity contribution in [2.75, 3.05) is 6.61 Å². The number of halogens is 1. The third-order valence-electron chi connectivity index (χ3n) is 1.59. The Morgan fingerprint density at radius 3 is 2.86 bits per heavy atom. The summed E-state index contributed by atoms with van der Waals surface area (Å²) in [7, 11) is 0. The summed E-state index contributed by atoms with van der Waals surface area (Å²) in [5.41, 5.74) is -0.0415. The third kappa shape index (κ3) is 2.37. The number of nitro benzene ring substituents is 1. The van der Waals surface area contributed by atoms with E-state index in [0.717, 1.165) is 18.2 Å². The molecule has 0 amide bonds. The Balaban J connectivity index is 3.15. The largest absolute Gasteiger partial charge is 0.392 e. The second-order valence-corrected chi connectivity index (χ2v) is 2.55. The molecule has 1 aromatic carbocycles. The molecule has 1 N–H and O–H groups in total. The van der Waals surface area contributed by atoms with Crippen molar-refractivity contribution in [3.63, 3.8) is 0 Å². The molecule has 4 nitrogen and oxygen atoms in total. The highest BCUT2D eigenvalue weighted by atomic mass is 19.1. The van der Waals surface area contributed by atoms with Crippen molar-refractivity contribution in [2.24, 2.45) is 0 Å². The van der Waals surface area contributed by atoms with Gasteiger partial charge in [0.15, 0.2) is 0 Å². The average molecular weight is 197 g/mol. The maximum atomic E-state index is 12.7. The Kier molecular flexibility index (Phi) is 3.30. The maximum absolute atomic E-state index is 12.7. The second kappa shape index (κ2) is 4.48. The first-order chi connectivity index (χ1) is 6.65. The van der Waals surface area contributed by atoms with Gasteiger partial charge < -0.3 is 5.11 Å². The number of nitrogens with zero attached hydrogens (tertiary/aromatic N) is 1. The Hall–Kier alpha value is -1.75. The van der Waals surface area contributed by atoms with Crippen molar-refractivity contribution in [3.05, 3.63) is 45.8 Å². The van der Waals surface area contributed by atoms with E-state index >= 15 is 0 Å². The first-order valence-corrected chi connectivity index (χ1v) is 3.86. The van der Waals surface area contributed by atoms with Gasteiger partial charge in [-0.15, -0.1) is 0 Å². The lowest BCUT2D eigenvalue weighted by Crippen LogP contribution is -1.92. The standard InChI is InChI=1S/C9H8FNO3/c10-8-3-4-9(11(13)14)7(6-8)2-1-5-12/h1-4,6,12H,5H2. The van der Waals surface area contributed by atoms with Crippen LogP contribution in [-0.4, -0.2) is 16.6 Å². The Morgan fingerprint density at radius 1 is 1.57 bits per heavy atom. The summed E-state index contributed by atoms with van der Waals surface area (Å²) in [5.74, 6) is -0.548. The number of hydrogen-bond donors (Lipinski definition) is 1. The molecule has 1 rings (SSSR count). The average Bonchev–Trinajstić information content (AvgIpc) is 2.14. The van der Waals surface area contributed by atoms with Gasteiger partial charge in [0.1, 0.15) is 5.82 Å². The number of aliphatic hydroxyl groups is 1. The number of rotatable bonds is 3. The van der Waals surface area contributed by atoms with Crippen molar-refractivity contribution in [3.8, 4) is 0 Å². The maximum Gasteiger partial charge on any atom is 0.276 e. The molecule has 0 saturated heterocycles. The molecule has 0 fully saturated rings. The minimum Gasteiger partial charge on any atom is -0.392 e. The molecule has 0 spiro atoms. The summed E-state index contributed by atoms with van der Waals surface area (Å²) in [4.78, 5) is 9.88. The van der Waals surface area contributed by atoms with E-state index in [0.29, 0.717) is 0 Å². The van der Waals surface area contributed by atoms with Crippen LogP contribution < -0.4 is 0 Å². The van der Waals surface area contributed by atoms with Crippen LogP contribution in [0.2, 0.25) is 0 Å². The smallest absolute Gasteiger partial charge is 0.276 e. The van der Waals surface area contributed by atoms with Gasteiger partial charge >= 0.3 is 0 Å². The topological polar surface area (TPSA) is 63.4 Å². The van der Waals surface area contributed by atoms with E-state index in [1.54, 1.807) is 0 Å². The molecule has 14 heavy (non-hydrogen) atoms. The van der Waals surface area contributed by atoms with Gasteiger partial charge in [-0.3, -0.25) is 10.1 Å². The van der Waals surface area contributed by atoms with E-state index in [1.165, 1.54) is 12.2 Å². The molecule has 0 radical (unpaired) electrons. The summed E-state index contributed by atoms with van der Waals surface area (Å²) in [5, 5.41) is 19.0.